The molecule has 0 aliphatic rings. The first kappa shape index (κ1) is 16.8. The van der Waals surface area contributed by atoms with Crippen LogP contribution < -0.4 is 5.32 Å². The van der Waals surface area contributed by atoms with E-state index in [0.29, 0.717) is 5.69 Å². The van der Waals surface area contributed by atoms with Crippen molar-refractivity contribution in [2.45, 2.75) is 27.7 Å². The molecule has 0 bridgehead atoms. The summed E-state index contributed by atoms with van der Waals surface area (Å²) in [4.78, 5) is 11.6. The molecule has 0 radical (unpaired) electrons. The number of hydrogen-bond acceptors (Lipinski definition) is 3. The number of anilines is 2. The molecule has 2 aromatic carbocycles. The number of hydrogen-bond donors (Lipinski definition) is 2. The predicted molar refractivity (Wildman–Crippen MR) is 99.2 cm³/mol. The van der Waals surface area contributed by atoms with Crippen molar-refractivity contribution >= 4 is 17.5 Å². The summed E-state index contributed by atoms with van der Waals surface area (Å²) in [5, 5.41) is 17.3. The van der Waals surface area contributed by atoms with Crippen LogP contribution in [0.5, 0.6) is 0 Å². The van der Waals surface area contributed by atoms with Gasteiger partial charge in [-0.1, -0.05) is 24.3 Å². The number of carboxylic acids is 1. The van der Waals surface area contributed by atoms with Crippen LogP contribution in [0.3, 0.4) is 0 Å². The van der Waals surface area contributed by atoms with Crippen molar-refractivity contribution in [3.05, 3.63) is 70.4 Å². The summed E-state index contributed by atoms with van der Waals surface area (Å²) in [6.45, 7) is 7.88. The van der Waals surface area contributed by atoms with Gasteiger partial charge in [0.1, 0.15) is 5.82 Å². The van der Waals surface area contributed by atoms with Crippen molar-refractivity contribution in [3.63, 3.8) is 0 Å². The first-order valence-electron chi connectivity index (χ1n) is 8.11. The Morgan fingerprint density at radius 2 is 1.80 bits per heavy atom. The second kappa shape index (κ2) is 6.43. The molecule has 0 spiro atoms. The second-order valence-electron chi connectivity index (χ2n) is 6.30. The molecule has 3 rings (SSSR count). The zero-order valence-electron chi connectivity index (χ0n) is 14.8. The van der Waals surface area contributed by atoms with Crippen LogP contribution in [0.4, 0.5) is 11.5 Å². The van der Waals surface area contributed by atoms with Crippen molar-refractivity contribution in [1.29, 1.82) is 0 Å². The molecule has 128 valence electrons. The molecular formula is C20H21N3O2. The maximum absolute atomic E-state index is 11.6. The summed E-state index contributed by atoms with van der Waals surface area (Å²) in [5.41, 5.74) is 5.76. The fourth-order valence-electron chi connectivity index (χ4n) is 2.86. The fourth-order valence-corrected chi connectivity index (χ4v) is 2.86. The molecule has 0 saturated carbocycles. The van der Waals surface area contributed by atoms with Crippen molar-refractivity contribution in [2.75, 3.05) is 5.32 Å². The van der Waals surface area contributed by atoms with Gasteiger partial charge in [0.25, 0.3) is 0 Å². The van der Waals surface area contributed by atoms with E-state index in [-0.39, 0.29) is 5.56 Å². The van der Waals surface area contributed by atoms with E-state index in [1.54, 1.807) is 12.1 Å². The first-order valence-corrected chi connectivity index (χ1v) is 8.11. The van der Waals surface area contributed by atoms with Gasteiger partial charge in [-0.25, -0.2) is 9.48 Å². The molecule has 25 heavy (non-hydrogen) atoms. The van der Waals surface area contributed by atoms with Crippen LogP contribution in [0.1, 0.15) is 32.7 Å². The van der Waals surface area contributed by atoms with Gasteiger partial charge in [0, 0.05) is 6.07 Å². The Labute approximate surface area is 146 Å². The molecular weight excluding hydrogens is 314 g/mol. The van der Waals surface area contributed by atoms with Crippen molar-refractivity contribution < 1.29 is 9.90 Å². The Balaban J connectivity index is 2.12. The van der Waals surface area contributed by atoms with Crippen LogP contribution in [0, 0.1) is 27.7 Å². The van der Waals surface area contributed by atoms with Crippen LogP contribution in [0.15, 0.2) is 42.5 Å². The van der Waals surface area contributed by atoms with E-state index in [1.165, 1.54) is 0 Å². The number of nitrogens with zero attached hydrogens (tertiary/aromatic N) is 2. The van der Waals surface area contributed by atoms with E-state index >= 15 is 0 Å². The highest BCUT2D eigenvalue weighted by molar-refractivity contribution is 5.96. The Hall–Kier alpha value is -3.08. The number of aromatic carboxylic acids is 1. The summed E-state index contributed by atoms with van der Waals surface area (Å²) in [6.07, 6.45) is 0. The number of aromatic nitrogens is 2. The average Bonchev–Trinajstić information content (AvgIpc) is 2.91. The minimum absolute atomic E-state index is 0.242. The Bertz CT molecular complexity index is 958. The number of benzene rings is 2. The lowest BCUT2D eigenvalue weighted by Crippen LogP contribution is -2.08. The number of carboxylic acid groups (broad SMARTS) is 1. The molecule has 2 N–H and O–H groups in total. The van der Waals surface area contributed by atoms with Gasteiger partial charge >= 0.3 is 5.97 Å². The molecule has 0 aliphatic carbocycles. The number of para-hydroxylation sites is 1. The molecule has 0 saturated heterocycles. The van der Waals surface area contributed by atoms with Gasteiger partial charge in [0.15, 0.2) is 0 Å². The molecule has 0 unspecified atom stereocenters. The van der Waals surface area contributed by atoms with Crippen molar-refractivity contribution in [1.82, 2.24) is 9.78 Å². The molecule has 0 amide bonds. The maximum atomic E-state index is 11.6. The number of aryl methyl sites for hydroxylation is 4. The Morgan fingerprint density at radius 1 is 1.04 bits per heavy atom. The molecule has 5 heteroatoms. The summed E-state index contributed by atoms with van der Waals surface area (Å²) < 4.78 is 1.83. The highest BCUT2D eigenvalue weighted by atomic mass is 16.4. The fraction of sp³-hybridized carbons (Fsp3) is 0.200. The molecule has 5 nitrogen and oxygen atoms in total. The highest BCUT2D eigenvalue weighted by Crippen LogP contribution is 2.28. The third-order valence-electron chi connectivity index (χ3n) is 4.18. The lowest BCUT2D eigenvalue weighted by atomic mass is 10.1. The third kappa shape index (κ3) is 3.26. The summed E-state index contributed by atoms with van der Waals surface area (Å²) in [7, 11) is 0. The largest absolute Gasteiger partial charge is 0.478 e. The van der Waals surface area contributed by atoms with Crippen LogP contribution in [-0.4, -0.2) is 20.9 Å². The van der Waals surface area contributed by atoms with E-state index in [4.69, 9.17) is 0 Å². The van der Waals surface area contributed by atoms with Crippen molar-refractivity contribution in [2.24, 2.45) is 0 Å². The topological polar surface area (TPSA) is 67.2 Å². The van der Waals surface area contributed by atoms with Gasteiger partial charge in [0.2, 0.25) is 0 Å². The number of carbonyl (C=O) groups is 1. The Kier molecular flexibility index (Phi) is 4.31. The van der Waals surface area contributed by atoms with Gasteiger partial charge in [-0.2, -0.15) is 5.10 Å². The number of nitrogens with one attached hydrogen (secondary N) is 1. The van der Waals surface area contributed by atoms with Gasteiger partial charge in [-0.15, -0.1) is 0 Å². The quantitative estimate of drug-likeness (QED) is 0.734. The van der Waals surface area contributed by atoms with Gasteiger partial charge in [0.05, 0.1) is 22.6 Å². The first-order chi connectivity index (χ1) is 11.9. The van der Waals surface area contributed by atoms with Gasteiger partial charge in [-0.05, 0) is 56.5 Å². The molecule has 1 heterocycles. The van der Waals surface area contributed by atoms with E-state index < -0.39 is 5.97 Å². The average molecular weight is 335 g/mol. The monoisotopic (exact) mass is 335 g/mol. The third-order valence-corrected chi connectivity index (χ3v) is 4.18. The van der Waals surface area contributed by atoms with Crippen LogP contribution in [-0.2, 0) is 0 Å². The highest BCUT2D eigenvalue weighted by Gasteiger charge is 2.16. The van der Waals surface area contributed by atoms with E-state index in [0.717, 1.165) is 33.9 Å². The Morgan fingerprint density at radius 3 is 2.52 bits per heavy atom. The molecule has 3 aromatic rings. The van der Waals surface area contributed by atoms with E-state index in [1.807, 2.05) is 44.5 Å². The van der Waals surface area contributed by atoms with E-state index in [9.17, 15) is 9.90 Å². The van der Waals surface area contributed by atoms with Crippen LogP contribution in [0.2, 0.25) is 0 Å². The maximum Gasteiger partial charge on any atom is 0.337 e. The molecule has 0 atom stereocenters. The summed E-state index contributed by atoms with van der Waals surface area (Å²) in [6, 6.07) is 13.3. The minimum atomic E-state index is -0.958. The second-order valence-corrected chi connectivity index (χ2v) is 6.30. The minimum Gasteiger partial charge on any atom is -0.478 e. The lowest BCUT2D eigenvalue weighted by molar-refractivity contribution is 0.0698. The van der Waals surface area contributed by atoms with Gasteiger partial charge in [-0.3, -0.25) is 0 Å². The van der Waals surface area contributed by atoms with Gasteiger partial charge < -0.3 is 10.4 Å². The molecule has 0 fully saturated rings. The standard InChI is InChI=1S/C20H21N3O2/c1-12-8-9-13(2)17(10-12)23-18(11-15(4)22-23)21-19-14(3)6-5-7-16(19)20(24)25/h5-11,21H,1-4H3,(H,24,25). The molecule has 0 aliphatic heterocycles. The SMILES string of the molecule is Cc1ccc(C)c(-n2nc(C)cc2Nc2c(C)cccc2C(=O)O)c1. The van der Waals surface area contributed by atoms with Crippen LogP contribution >= 0.6 is 0 Å². The summed E-state index contributed by atoms with van der Waals surface area (Å²) >= 11 is 0. The van der Waals surface area contributed by atoms with E-state index in [2.05, 4.69) is 28.6 Å². The number of rotatable bonds is 4. The molecule has 1 aromatic heterocycles. The summed E-state index contributed by atoms with van der Waals surface area (Å²) in [5.74, 6) is -0.219. The zero-order valence-corrected chi connectivity index (χ0v) is 14.8. The van der Waals surface area contributed by atoms with Crippen molar-refractivity contribution in [3.8, 4) is 5.69 Å². The predicted octanol–water partition coefficient (Wildman–Crippen LogP) is 4.55. The normalized spacial score (nSPS) is 10.7. The zero-order chi connectivity index (χ0) is 18.1. The smallest absolute Gasteiger partial charge is 0.337 e. The van der Waals surface area contributed by atoms with Crippen LogP contribution in [0.25, 0.3) is 5.69 Å². The lowest BCUT2D eigenvalue weighted by Gasteiger charge is -2.15.